The fourth-order valence-corrected chi connectivity index (χ4v) is 2.69. The molecular formula is C19H18O5. The number of carbonyl (C=O) groups excluding carboxylic acids is 2. The van der Waals surface area contributed by atoms with E-state index >= 15 is 0 Å². The third-order valence-corrected chi connectivity index (χ3v) is 3.83. The molecule has 0 saturated carbocycles. The molecular weight excluding hydrogens is 308 g/mol. The van der Waals surface area contributed by atoms with E-state index in [1.54, 1.807) is 49.6 Å². The van der Waals surface area contributed by atoms with E-state index < -0.39 is 0 Å². The van der Waals surface area contributed by atoms with E-state index in [0.29, 0.717) is 54.4 Å². The van der Waals surface area contributed by atoms with Crippen molar-refractivity contribution in [2.24, 2.45) is 0 Å². The molecule has 5 heteroatoms. The molecule has 0 aromatic heterocycles. The number of ether oxygens (including phenoxy) is 3. The average Bonchev–Trinajstić information content (AvgIpc) is 2.62. The van der Waals surface area contributed by atoms with Crippen LogP contribution in [0.3, 0.4) is 0 Å². The molecule has 0 unspecified atom stereocenters. The van der Waals surface area contributed by atoms with Crippen LogP contribution < -0.4 is 4.74 Å². The van der Waals surface area contributed by atoms with Gasteiger partial charge in [-0.25, -0.2) is 0 Å². The third kappa shape index (κ3) is 3.09. The maximum absolute atomic E-state index is 12.8. The van der Waals surface area contributed by atoms with Gasteiger partial charge in [-0.1, -0.05) is 36.4 Å². The Kier molecular flexibility index (Phi) is 5.03. The minimum Gasteiger partial charge on any atom is -0.490 e. The van der Waals surface area contributed by atoms with E-state index in [2.05, 4.69) is 0 Å². The normalized spacial score (nSPS) is 12.7. The number of hydrogen-bond donors (Lipinski definition) is 0. The van der Waals surface area contributed by atoms with Gasteiger partial charge in [0, 0.05) is 23.8 Å². The van der Waals surface area contributed by atoms with Crippen molar-refractivity contribution in [2.45, 2.75) is 0 Å². The van der Waals surface area contributed by atoms with Crippen molar-refractivity contribution in [1.29, 1.82) is 0 Å². The van der Waals surface area contributed by atoms with Crippen molar-refractivity contribution in [2.75, 3.05) is 33.5 Å². The van der Waals surface area contributed by atoms with Crippen molar-refractivity contribution in [1.82, 2.24) is 0 Å². The van der Waals surface area contributed by atoms with Gasteiger partial charge in [0.2, 0.25) is 0 Å². The Morgan fingerprint density at radius 3 is 2.17 bits per heavy atom. The summed E-state index contributed by atoms with van der Waals surface area (Å²) in [6.45, 7) is 1.68. The number of methoxy groups -OCH3 is 1. The Morgan fingerprint density at radius 2 is 1.42 bits per heavy atom. The molecule has 5 nitrogen and oxygen atoms in total. The summed E-state index contributed by atoms with van der Waals surface area (Å²) in [6, 6.07) is 11.9. The van der Waals surface area contributed by atoms with Gasteiger partial charge in [0.05, 0.1) is 25.4 Å². The summed E-state index contributed by atoms with van der Waals surface area (Å²) in [5.41, 5.74) is 1.58. The molecule has 0 atom stereocenters. The summed E-state index contributed by atoms with van der Waals surface area (Å²) in [6.07, 6.45) is 0. The monoisotopic (exact) mass is 326 g/mol. The van der Waals surface area contributed by atoms with Crippen LogP contribution >= 0.6 is 0 Å². The van der Waals surface area contributed by atoms with Gasteiger partial charge >= 0.3 is 0 Å². The fourth-order valence-electron chi connectivity index (χ4n) is 2.69. The minimum atomic E-state index is -0.184. The predicted molar refractivity (Wildman–Crippen MR) is 87.9 cm³/mol. The molecule has 0 radical (unpaired) electrons. The van der Waals surface area contributed by atoms with Crippen LogP contribution in [-0.4, -0.2) is 45.1 Å². The van der Waals surface area contributed by atoms with Gasteiger partial charge in [0.1, 0.15) is 12.4 Å². The van der Waals surface area contributed by atoms with Gasteiger partial charge in [-0.15, -0.1) is 0 Å². The zero-order valence-electron chi connectivity index (χ0n) is 13.4. The van der Waals surface area contributed by atoms with Gasteiger partial charge in [0.15, 0.2) is 11.6 Å². The van der Waals surface area contributed by atoms with Crippen molar-refractivity contribution in [3.05, 3.63) is 64.7 Å². The summed E-state index contributed by atoms with van der Waals surface area (Å²) in [7, 11) is 1.61. The molecule has 0 saturated heterocycles. The summed E-state index contributed by atoms with van der Waals surface area (Å²) in [4.78, 5) is 25.4. The van der Waals surface area contributed by atoms with E-state index in [4.69, 9.17) is 14.2 Å². The second-order valence-electron chi connectivity index (χ2n) is 5.34. The molecule has 0 fully saturated rings. The number of fused-ring (bicyclic) bond motifs is 2. The summed E-state index contributed by atoms with van der Waals surface area (Å²) < 4.78 is 15.9. The molecule has 2 aromatic rings. The van der Waals surface area contributed by atoms with Gasteiger partial charge in [-0.05, 0) is 6.07 Å². The Balaban J connectivity index is 1.80. The molecule has 2 aromatic carbocycles. The molecule has 24 heavy (non-hydrogen) atoms. The van der Waals surface area contributed by atoms with E-state index in [-0.39, 0.29) is 11.6 Å². The first-order valence-electron chi connectivity index (χ1n) is 7.75. The summed E-state index contributed by atoms with van der Waals surface area (Å²) in [5.74, 6) is 0.0776. The Hall–Kier alpha value is -2.50. The smallest absolute Gasteiger partial charge is 0.198 e. The lowest BCUT2D eigenvalue weighted by atomic mass is 9.83. The zero-order valence-corrected chi connectivity index (χ0v) is 13.4. The minimum absolute atomic E-state index is 0.151. The van der Waals surface area contributed by atoms with Gasteiger partial charge in [-0.2, -0.15) is 0 Å². The second kappa shape index (κ2) is 7.38. The van der Waals surface area contributed by atoms with Crippen LogP contribution in [-0.2, 0) is 9.47 Å². The highest BCUT2D eigenvalue weighted by molar-refractivity contribution is 6.29. The van der Waals surface area contributed by atoms with Crippen LogP contribution in [0.1, 0.15) is 31.8 Å². The van der Waals surface area contributed by atoms with E-state index in [1.807, 2.05) is 0 Å². The predicted octanol–water partition coefficient (Wildman–Crippen LogP) is 2.50. The highest BCUT2D eigenvalue weighted by Crippen LogP contribution is 2.33. The highest BCUT2D eigenvalue weighted by atomic mass is 16.5. The van der Waals surface area contributed by atoms with Gasteiger partial charge < -0.3 is 14.2 Å². The maximum Gasteiger partial charge on any atom is 0.198 e. The van der Waals surface area contributed by atoms with Crippen LogP contribution in [0.5, 0.6) is 5.75 Å². The van der Waals surface area contributed by atoms with Gasteiger partial charge in [-0.3, -0.25) is 9.59 Å². The quantitative estimate of drug-likeness (QED) is 0.624. The van der Waals surface area contributed by atoms with E-state index in [0.717, 1.165) is 0 Å². The van der Waals surface area contributed by atoms with Gasteiger partial charge in [0.25, 0.3) is 0 Å². The van der Waals surface area contributed by atoms with Crippen LogP contribution in [0.2, 0.25) is 0 Å². The van der Waals surface area contributed by atoms with Crippen molar-refractivity contribution in [3.63, 3.8) is 0 Å². The second-order valence-corrected chi connectivity index (χ2v) is 5.34. The van der Waals surface area contributed by atoms with Crippen molar-refractivity contribution < 1.29 is 23.8 Å². The molecule has 0 bridgehead atoms. The largest absolute Gasteiger partial charge is 0.490 e. The lowest BCUT2D eigenvalue weighted by Crippen LogP contribution is -2.22. The average molecular weight is 326 g/mol. The van der Waals surface area contributed by atoms with Crippen LogP contribution in [0.4, 0.5) is 0 Å². The zero-order chi connectivity index (χ0) is 16.9. The molecule has 0 aliphatic heterocycles. The SMILES string of the molecule is COCCOCCOc1cccc2c1C(=O)c1ccccc1C2=O. The highest BCUT2D eigenvalue weighted by Gasteiger charge is 2.31. The number of carbonyl (C=O) groups is 2. The summed E-state index contributed by atoms with van der Waals surface area (Å²) in [5, 5.41) is 0. The maximum atomic E-state index is 12.8. The lowest BCUT2D eigenvalue weighted by molar-refractivity contribution is 0.0542. The number of rotatable bonds is 7. The molecule has 0 spiro atoms. The first-order valence-corrected chi connectivity index (χ1v) is 7.75. The molecule has 1 aliphatic carbocycles. The third-order valence-electron chi connectivity index (χ3n) is 3.83. The Labute approximate surface area is 140 Å². The van der Waals surface area contributed by atoms with Crippen LogP contribution in [0, 0.1) is 0 Å². The fraction of sp³-hybridized carbons (Fsp3) is 0.263. The van der Waals surface area contributed by atoms with E-state index in [9.17, 15) is 9.59 Å². The molecule has 124 valence electrons. The molecule has 1 aliphatic rings. The molecule has 0 heterocycles. The van der Waals surface area contributed by atoms with Crippen LogP contribution in [0.25, 0.3) is 0 Å². The van der Waals surface area contributed by atoms with E-state index in [1.165, 1.54) is 0 Å². The molecule has 3 rings (SSSR count). The molecule has 0 N–H and O–H groups in total. The Morgan fingerprint density at radius 1 is 0.750 bits per heavy atom. The first kappa shape index (κ1) is 16.4. The summed E-state index contributed by atoms with van der Waals surface area (Å²) >= 11 is 0. The molecule has 0 amide bonds. The lowest BCUT2D eigenvalue weighted by Gasteiger charge is -2.20. The standard InChI is InChI=1S/C19H18O5/c1-22-9-10-23-11-12-24-16-8-4-7-15-17(16)19(21)14-6-3-2-5-13(14)18(15)20/h2-8H,9-12H2,1H3. The topological polar surface area (TPSA) is 61.8 Å². The number of ketones is 2. The first-order chi connectivity index (χ1) is 11.7. The van der Waals surface area contributed by atoms with Crippen molar-refractivity contribution >= 4 is 11.6 Å². The Bertz CT molecular complexity index is 766. The number of benzene rings is 2. The number of hydrogen-bond acceptors (Lipinski definition) is 5. The van der Waals surface area contributed by atoms with Crippen molar-refractivity contribution in [3.8, 4) is 5.75 Å². The van der Waals surface area contributed by atoms with Crippen LogP contribution in [0.15, 0.2) is 42.5 Å².